The molecule has 0 aromatic carbocycles. The first-order valence-corrected chi connectivity index (χ1v) is 8.04. The molecule has 0 spiro atoms. The summed E-state index contributed by atoms with van der Waals surface area (Å²) in [5.74, 6) is 1.23. The molecular weight excluding hydrogens is 256 g/mol. The molecule has 0 fully saturated rings. The van der Waals surface area contributed by atoms with Crippen LogP contribution in [-0.4, -0.2) is 17.4 Å². The number of nitrogens with zero attached hydrogens (tertiary/aromatic N) is 1. The summed E-state index contributed by atoms with van der Waals surface area (Å²) in [6.07, 6.45) is 18.1. The van der Waals surface area contributed by atoms with E-state index in [-0.39, 0.29) is 0 Å². The van der Waals surface area contributed by atoms with Gasteiger partial charge in [0.25, 0.3) is 0 Å². The quantitative estimate of drug-likeness (QED) is 0.599. The second-order valence-electron chi connectivity index (χ2n) is 6.02. The molecule has 104 valence electrons. The first kappa shape index (κ1) is 13.2. The van der Waals surface area contributed by atoms with Gasteiger partial charge in [-0.05, 0) is 68.4 Å². The van der Waals surface area contributed by atoms with Crippen molar-refractivity contribution in [1.29, 1.82) is 0 Å². The fraction of sp³-hybridized carbons (Fsp3) is 0.688. The average Bonchev–Trinajstić information content (AvgIpc) is 2.48. The van der Waals surface area contributed by atoms with Crippen LogP contribution >= 0.6 is 11.6 Å². The lowest BCUT2D eigenvalue weighted by Gasteiger charge is -2.36. The lowest BCUT2D eigenvalue weighted by Crippen LogP contribution is -2.46. The van der Waals surface area contributed by atoms with Crippen LogP contribution in [0, 0.1) is 11.8 Å². The minimum Gasteiger partial charge on any atom is -0.357 e. The SMILES string of the molecule is ClC1=NC(C2C=CCCC2)CC(C2C=CCCC2)N1. The number of hydrogen-bond acceptors (Lipinski definition) is 2. The van der Waals surface area contributed by atoms with Crippen molar-refractivity contribution in [3.8, 4) is 0 Å². The van der Waals surface area contributed by atoms with Crippen molar-refractivity contribution in [2.24, 2.45) is 16.8 Å². The number of rotatable bonds is 2. The van der Waals surface area contributed by atoms with Crippen LogP contribution in [0.5, 0.6) is 0 Å². The number of amidine groups is 1. The highest BCUT2D eigenvalue weighted by Gasteiger charge is 2.31. The normalized spacial score (nSPS) is 38.7. The van der Waals surface area contributed by atoms with Crippen molar-refractivity contribution in [2.45, 2.75) is 57.0 Å². The molecule has 1 heterocycles. The molecule has 4 atom stereocenters. The fourth-order valence-corrected chi connectivity index (χ4v) is 3.86. The highest BCUT2D eigenvalue weighted by Crippen LogP contribution is 2.31. The minimum atomic E-state index is 0.380. The molecule has 0 aromatic rings. The molecule has 1 aliphatic heterocycles. The predicted octanol–water partition coefficient (Wildman–Crippen LogP) is 4.02. The van der Waals surface area contributed by atoms with Crippen molar-refractivity contribution in [3.05, 3.63) is 24.3 Å². The van der Waals surface area contributed by atoms with Crippen LogP contribution in [0.15, 0.2) is 29.3 Å². The Hall–Kier alpha value is -0.760. The van der Waals surface area contributed by atoms with Crippen LogP contribution in [0.2, 0.25) is 0 Å². The molecule has 3 heteroatoms. The summed E-state index contributed by atoms with van der Waals surface area (Å²) in [7, 11) is 0. The predicted molar refractivity (Wildman–Crippen MR) is 81.6 cm³/mol. The van der Waals surface area contributed by atoms with Crippen molar-refractivity contribution >= 4 is 16.9 Å². The van der Waals surface area contributed by atoms with Gasteiger partial charge in [-0.1, -0.05) is 24.3 Å². The van der Waals surface area contributed by atoms with E-state index in [1.54, 1.807) is 0 Å². The highest BCUT2D eigenvalue weighted by molar-refractivity contribution is 6.64. The topological polar surface area (TPSA) is 24.4 Å². The van der Waals surface area contributed by atoms with Crippen LogP contribution in [-0.2, 0) is 0 Å². The average molecular weight is 279 g/mol. The summed E-state index contributed by atoms with van der Waals surface area (Å²) in [6, 6.07) is 0.854. The van der Waals surface area contributed by atoms with E-state index >= 15 is 0 Å². The van der Waals surface area contributed by atoms with E-state index in [1.165, 1.54) is 38.5 Å². The Labute approximate surface area is 121 Å². The molecule has 0 saturated carbocycles. The molecule has 1 N–H and O–H groups in total. The lowest BCUT2D eigenvalue weighted by molar-refractivity contribution is 0.317. The molecular formula is C16H23ClN2. The van der Waals surface area contributed by atoms with Crippen molar-refractivity contribution < 1.29 is 0 Å². The maximum Gasteiger partial charge on any atom is 0.191 e. The van der Waals surface area contributed by atoms with Gasteiger partial charge in [-0.15, -0.1) is 0 Å². The first-order valence-electron chi connectivity index (χ1n) is 7.66. The van der Waals surface area contributed by atoms with Gasteiger partial charge in [0.15, 0.2) is 5.29 Å². The zero-order valence-corrected chi connectivity index (χ0v) is 12.1. The smallest absolute Gasteiger partial charge is 0.191 e. The van der Waals surface area contributed by atoms with Crippen LogP contribution in [0.3, 0.4) is 0 Å². The van der Waals surface area contributed by atoms with Gasteiger partial charge in [-0.25, -0.2) is 0 Å². The van der Waals surface area contributed by atoms with Gasteiger partial charge >= 0.3 is 0 Å². The third-order valence-electron chi connectivity index (χ3n) is 4.67. The molecule has 0 radical (unpaired) electrons. The lowest BCUT2D eigenvalue weighted by atomic mass is 9.80. The fourth-order valence-electron chi connectivity index (χ4n) is 3.59. The molecule has 0 bridgehead atoms. The maximum atomic E-state index is 6.24. The van der Waals surface area contributed by atoms with E-state index in [2.05, 4.69) is 34.6 Å². The highest BCUT2D eigenvalue weighted by atomic mass is 35.5. The number of aliphatic imine (C=N–C) groups is 1. The zero-order chi connectivity index (χ0) is 13.1. The molecule has 3 aliphatic rings. The summed E-state index contributed by atoms with van der Waals surface area (Å²) in [5.41, 5.74) is 0. The standard InChI is InChI=1S/C16H23ClN2/c17-16-18-14(12-7-3-1-4-8-12)11-15(19-16)13-9-5-2-6-10-13/h3,5,7,9,12-15H,1-2,4,6,8,10-11H2,(H,18,19). The van der Waals surface area contributed by atoms with Gasteiger partial charge in [0.1, 0.15) is 0 Å². The molecule has 2 aliphatic carbocycles. The van der Waals surface area contributed by atoms with E-state index in [0.29, 0.717) is 29.2 Å². The van der Waals surface area contributed by atoms with Crippen LogP contribution < -0.4 is 5.32 Å². The van der Waals surface area contributed by atoms with E-state index in [1.807, 2.05) is 0 Å². The Kier molecular flexibility index (Phi) is 4.27. The second kappa shape index (κ2) is 6.13. The summed E-state index contributed by atoms with van der Waals surface area (Å²) in [6.45, 7) is 0. The van der Waals surface area contributed by atoms with Gasteiger partial charge in [-0.2, -0.15) is 0 Å². The largest absolute Gasteiger partial charge is 0.357 e. The Bertz CT molecular complexity index is 400. The Morgan fingerprint density at radius 1 is 1.05 bits per heavy atom. The van der Waals surface area contributed by atoms with Crippen molar-refractivity contribution in [1.82, 2.24) is 5.32 Å². The third kappa shape index (κ3) is 3.22. The molecule has 0 amide bonds. The van der Waals surface area contributed by atoms with E-state index in [0.717, 1.165) is 6.42 Å². The molecule has 0 aromatic heterocycles. The number of nitrogens with one attached hydrogen (secondary N) is 1. The van der Waals surface area contributed by atoms with Crippen LogP contribution in [0.1, 0.15) is 44.9 Å². The molecule has 19 heavy (non-hydrogen) atoms. The Morgan fingerprint density at radius 2 is 1.74 bits per heavy atom. The number of allylic oxidation sites excluding steroid dienone is 2. The van der Waals surface area contributed by atoms with Gasteiger partial charge < -0.3 is 5.32 Å². The molecule has 2 nitrogen and oxygen atoms in total. The summed E-state index contributed by atoms with van der Waals surface area (Å²) >= 11 is 6.24. The second-order valence-corrected chi connectivity index (χ2v) is 6.38. The molecule has 4 unspecified atom stereocenters. The molecule has 0 saturated heterocycles. The number of hydrogen-bond donors (Lipinski definition) is 1. The summed E-state index contributed by atoms with van der Waals surface area (Å²) < 4.78 is 0. The Balaban J connectivity index is 1.70. The summed E-state index contributed by atoms with van der Waals surface area (Å²) in [4.78, 5) is 4.65. The van der Waals surface area contributed by atoms with E-state index in [4.69, 9.17) is 11.6 Å². The number of halogens is 1. The van der Waals surface area contributed by atoms with Crippen molar-refractivity contribution in [2.75, 3.05) is 0 Å². The van der Waals surface area contributed by atoms with Crippen molar-refractivity contribution in [3.63, 3.8) is 0 Å². The van der Waals surface area contributed by atoms with Gasteiger partial charge in [-0.3, -0.25) is 4.99 Å². The third-order valence-corrected chi connectivity index (χ3v) is 4.88. The van der Waals surface area contributed by atoms with E-state index in [9.17, 15) is 0 Å². The van der Waals surface area contributed by atoms with Crippen LogP contribution in [0.4, 0.5) is 0 Å². The minimum absolute atomic E-state index is 0.380. The first-order chi connectivity index (χ1) is 9.33. The van der Waals surface area contributed by atoms with Crippen LogP contribution in [0.25, 0.3) is 0 Å². The van der Waals surface area contributed by atoms with Gasteiger partial charge in [0, 0.05) is 6.04 Å². The Morgan fingerprint density at radius 3 is 2.37 bits per heavy atom. The van der Waals surface area contributed by atoms with E-state index < -0.39 is 0 Å². The zero-order valence-electron chi connectivity index (χ0n) is 11.4. The monoisotopic (exact) mass is 278 g/mol. The summed E-state index contributed by atoms with van der Waals surface area (Å²) in [5, 5.41) is 4.02. The maximum absolute atomic E-state index is 6.24. The van der Waals surface area contributed by atoms with Gasteiger partial charge in [0.2, 0.25) is 0 Å². The van der Waals surface area contributed by atoms with Gasteiger partial charge in [0.05, 0.1) is 6.04 Å². The molecule has 3 rings (SSSR count).